The molecule has 0 saturated carbocycles. The van der Waals surface area contributed by atoms with Crippen LogP contribution in [0.2, 0.25) is 0 Å². The van der Waals surface area contributed by atoms with E-state index in [4.69, 9.17) is 4.74 Å². The van der Waals surface area contributed by atoms with Crippen LogP contribution in [0.15, 0.2) is 48.8 Å². The fourth-order valence-electron chi connectivity index (χ4n) is 1.72. The molecule has 1 aromatic carbocycles. The summed E-state index contributed by atoms with van der Waals surface area (Å²) in [6.45, 7) is 2.00. The zero-order valence-electron chi connectivity index (χ0n) is 12.4. The highest BCUT2D eigenvalue weighted by molar-refractivity contribution is 6.43. The Hall–Kier alpha value is -3.22. The summed E-state index contributed by atoms with van der Waals surface area (Å²) in [7, 11) is 0. The zero-order chi connectivity index (χ0) is 16.7. The minimum Gasteiger partial charge on any atom is -0.462 e. The molecule has 0 radical (unpaired) electrons. The quantitative estimate of drug-likeness (QED) is 0.663. The molecule has 0 aliphatic heterocycles. The number of benzene rings is 1. The second-order valence-electron chi connectivity index (χ2n) is 4.45. The molecule has 118 valence electrons. The molecule has 0 saturated heterocycles. The molecule has 0 bridgehead atoms. The lowest BCUT2D eigenvalue weighted by molar-refractivity contribution is -0.133. The van der Waals surface area contributed by atoms with Gasteiger partial charge in [-0.3, -0.25) is 14.6 Å². The van der Waals surface area contributed by atoms with Gasteiger partial charge in [-0.15, -0.1) is 0 Å². The lowest BCUT2D eigenvalue weighted by Gasteiger charge is -2.07. The Labute approximate surface area is 132 Å². The van der Waals surface area contributed by atoms with Gasteiger partial charge in [-0.2, -0.15) is 0 Å². The predicted octanol–water partition coefficient (Wildman–Crippen LogP) is 1.84. The third kappa shape index (κ3) is 4.63. The van der Waals surface area contributed by atoms with Gasteiger partial charge in [-0.1, -0.05) is 0 Å². The molecule has 7 heteroatoms. The van der Waals surface area contributed by atoms with Crippen molar-refractivity contribution in [2.24, 2.45) is 0 Å². The van der Waals surface area contributed by atoms with Gasteiger partial charge < -0.3 is 15.4 Å². The first-order valence-corrected chi connectivity index (χ1v) is 6.89. The van der Waals surface area contributed by atoms with Crippen LogP contribution < -0.4 is 10.6 Å². The summed E-state index contributed by atoms with van der Waals surface area (Å²) in [6, 6.07) is 9.30. The Morgan fingerprint density at radius 2 is 1.65 bits per heavy atom. The first-order valence-electron chi connectivity index (χ1n) is 6.89. The van der Waals surface area contributed by atoms with Crippen molar-refractivity contribution in [1.29, 1.82) is 0 Å². The molecule has 0 aliphatic rings. The molecule has 2 aromatic rings. The summed E-state index contributed by atoms with van der Waals surface area (Å²) in [4.78, 5) is 38.9. The van der Waals surface area contributed by atoms with Crippen molar-refractivity contribution < 1.29 is 19.1 Å². The highest BCUT2D eigenvalue weighted by Crippen LogP contribution is 2.11. The van der Waals surface area contributed by atoms with Crippen LogP contribution in [0.5, 0.6) is 0 Å². The van der Waals surface area contributed by atoms with Gasteiger partial charge in [-0.25, -0.2) is 4.79 Å². The normalized spacial score (nSPS) is 9.78. The number of pyridine rings is 1. The average molecular weight is 313 g/mol. The number of rotatable bonds is 4. The molecule has 0 spiro atoms. The van der Waals surface area contributed by atoms with Gasteiger partial charge in [0.2, 0.25) is 0 Å². The Kier molecular flexibility index (Phi) is 5.40. The molecule has 0 fully saturated rings. The number of hydrogen-bond acceptors (Lipinski definition) is 5. The Morgan fingerprint density at radius 3 is 2.22 bits per heavy atom. The summed E-state index contributed by atoms with van der Waals surface area (Å²) in [5.41, 5.74) is 1.18. The van der Waals surface area contributed by atoms with Crippen LogP contribution in [0.1, 0.15) is 17.3 Å². The number of carbonyl (C=O) groups excluding carboxylic acids is 3. The summed E-state index contributed by atoms with van der Waals surface area (Å²) in [5, 5.41) is 4.86. The largest absolute Gasteiger partial charge is 0.462 e. The van der Waals surface area contributed by atoms with E-state index in [-0.39, 0.29) is 6.61 Å². The Bertz CT molecular complexity index is 699. The average Bonchev–Trinajstić information content (AvgIpc) is 2.56. The van der Waals surface area contributed by atoms with E-state index in [0.29, 0.717) is 16.9 Å². The molecule has 0 atom stereocenters. The van der Waals surface area contributed by atoms with Gasteiger partial charge in [0, 0.05) is 11.9 Å². The second kappa shape index (κ2) is 7.69. The highest BCUT2D eigenvalue weighted by Gasteiger charge is 2.14. The number of esters is 1. The number of aromatic nitrogens is 1. The maximum Gasteiger partial charge on any atom is 0.338 e. The van der Waals surface area contributed by atoms with Crippen LogP contribution >= 0.6 is 0 Å². The summed E-state index contributed by atoms with van der Waals surface area (Å²) in [5.74, 6) is -2.08. The van der Waals surface area contributed by atoms with Crippen molar-refractivity contribution in [3.63, 3.8) is 0 Å². The summed E-state index contributed by atoms with van der Waals surface area (Å²) >= 11 is 0. The SMILES string of the molecule is CCOC(=O)c1ccc(NC(=O)C(=O)Nc2cccnc2)cc1. The van der Waals surface area contributed by atoms with E-state index >= 15 is 0 Å². The van der Waals surface area contributed by atoms with Crippen molar-refractivity contribution in [3.8, 4) is 0 Å². The number of hydrogen-bond donors (Lipinski definition) is 2. The van der Waals surface area contributed by atoms with Crippen LogP contribution in [-0.2, 0) is 14.3 Å². The zero-order valence-corrected chi connectivity index (χ0v) is 12.4. The number of ether oxygens (including phenoxy) is 1. The van der Waals surface area contributed by atoms with Crippen molar-refractivity contribution in [2.45, 2.75) is 6.92 Å². The van der Waals surface area contributed by atoms with Gasteiger partial charge in [0.05, 0.1) is 24.1 Å². The topological polar surface area (TPSA) is 97.4 Å². The summed E-state index contributed by atoms with van der Waals surface area (Å²) in [6.07, 6.45) is 2.99. The minimum absolute atomic E-state index is 0.284. The maximum atomic E-state index is 11.8. The van der Waals surface area contributed by atoms with Crippen LogP contribution in [0.25, 0.3) is 0 Å². The second-order valence-corrected chi connectivity index (χ2v) is 4.45. The molecule has 0 aliphatic carbocycles. The van der Waals surface area contributed by atoms with E-state index in [1.807, 2.05) is 0 Å². The molecular weight excluding hydrogens is 298 g/mol. The minimum atomic E-state index is -0.822. The maximum absolute atomic E-state index is 11.8. The van der Waals surface area contributed by atoms with E-state index < -0.39 is 17.8 Å². The molecule has 2 amide bonds. The van der Waals surface area contributed by atoms with E-state index in [9.17, 15) is 14.4 Å². The van der Waals surface area contributed by atoms with Crippen LogP contribution in [0.3, 0.4) is 0 Å². The van der Waals surface area contributed by atoms with Crippen molar-refractivity contribution >= 4 is 29.2 Å². The van der Waals surface area contributed by atoms with Crippen molar-refractivity contribution in [2.75, 3.05) is 17.2 Å². The first-order chi connectivity index (χ1) is 11.1. The van der Waals surface area contributed by atoms with Crippen molar-refractivity contribution in [1.82, 2.24) is 4.98 Å². The Morgan fingerprint density at radius 1 is 1.00 bits per heavy atom. The number of anilines is 2. The molecule has 0 unspecified atom stereocenters. The first kappa shape index (κ1) is 16.2. The molecular formula is C16H15N3O4. The lowest BCUT2D eigenvalue weighted by Crippen LogP contribution is -2.29. The van der Waals surface area contributed by atoms with Gasteiger partial charge in [0.25, 0.3) is 0 Å². The molecule has 7 nitrogen and oxygen atoms in total. The van der Waals surface area contributed by atoms with Crippen LogP contribution in [0.4, 0.5) is 11.4 Å². The summed E-state index contributed by atoms with van der Waals surface area (Å²) < 4.78 is 4.86. The van der Waals surface area contributed by atoms with E-state index in [0.717, 1.165) is 0 Å². The van der Waals surface area contributed by atoms with Crippen molar-refractivity contribution in [3.05, 3.63) is 54.4 Å². The van der Waals surface area contributed by atoms with E-state index in [1.165, 1.54) is 30.5 Å². The van der Waals surface area contributed by atoms with Gasteiger partial charge in [-0.05, 0) is 43.3 Å². The third-order valence-electron chi connectivity index (χ3n) is 2.78. The number of carbonyl (C=O) groups is 3. The molecule has 1 heterocycles. The van der Waals surface area contributed by atoms with Crippen LogP contribution in [0, 0.1) is 0 Å². The van der Waals surface area contributed by atoms with Gasteiger partial charge in [0.15, 0.2) is 0 Å². The number of nitrogens with one attached hydrogen (secondary N) is 2. The van der Waals surface area contributed by atoms with E-state index in [1.54, 1.807) is 25.3 Å². The van der Waals surface area contributed by atoms with Crippen LogP contribution in [-0.4, -0.2) is 29.4 Å². The molecule has 1 aromatic heterocycles. The van der Waals surface area contributed by atoms with Gasteiger partial charge >= 0.3 is 17.8 Å². The fourth-order valence-corrected chi connectivity index (χ4v) is 1.72. The molecule has 2 N–H and O–H groups in total. The van der Waals surface area contributed by atoms with E-state index in [2.05, 4.69) is 15.6 Å². The van der Waals surface area contributed by atoms with Gasteiger partial charge in [0.1, 0.15) is 0 Å². The number of amides is 2. The fraction of sp³-hybridized carbons (Fsp3) is 0.125. The predicted molar refractivity (Wildman–Crippen MR) is 83.9 cm³/mol. The third-order valence-corrected chi connectivity index (χ3v) is 2.78. The number of nitrogens with zero attached hydrogens (tertiary/aromatic N) is 1. The standard InChI is InChI=1S/C16H15N3O4/c1-2-23-16(22)11-5-7-12(8-6-11)18-14(20)15(21)19-13-4-3-9-17-10-13/h3-10H,2H2,1H3,(H,18,20)(H,19,21). The molecule has 23 heavy (non-hydrogen) atoms. The molecule has 2 rings (SSSR count). The smallest absolute Gasteiger partial charge is 0.338 e. The monoisotopic (exact) mass is 313 g/mol. The highest BCUT2D eigenvalue weighted by atomic mass is 16.5. The Balaban J connectivity index is 1.94. The lowest BCUT2D eigenvalue weighted by atomic mass is 10.2.